The van der Waals surface area contributed by atoms with Crippen LogP contribution in [0.2, 0.25) is 5.02 Å². The fraction of sp³-hybridized carbons (Fsp3) is 0.333. The summed E-state index contributed by atoms with van der Waals surface area (Å²) in [5.41, 5.74) is 1.96. The molecule has 6 heteroatoms. The van der Waals surface area contributed by atoms with Crippen LogP contribution in [0.3, 0.4) is 0 Å². The van der Waals surface area contributed by atoms with Crippen LogP contribution in [0, 0.1) is 12.8 Å². The Kier molecular flexibility index (Phi) is 6.35. The van der Waals surface area contributed by atoms with E-state index in [1.807, 2.05) is 31.2 Å². The molecule has 2 aromatic rings. The topological polar surface area (TPSA) is 58.6 Å². The molecule has 0 unspecified atom stereocenters. The summed E-state index contributed by atoms with van der Waals surface area (Å²) in [5.74, 6) is 0.485. The number of carbonyl (C=O) groups excluding carboxylic acids is 2. The maximum atomic E-state index is 12.4. The molecule has 3 rings (SSSR count). The molecular formula is C21H23ClN2O3. The number of likely N-dealkylation sites (tertiary alicyclic amines) is 1. The van der Waals surface area contributed by atoms with Gasteiger partial charge in [0.25, 0.3) is 5.91 Å². The number of carbonyl (C=O) groups is 2. The Morgan fingerprint density at radius 2 is 1.70 bits per heavy atom. The molecule has 0 saturated carbocycles. The maximum Gasteiger partial charge on any atom is 0.260 e. The molecule has 1 saturated heterocycles. The van der Waals surface area contributed by atoms with Crippen molar-refractivity contribution in [3.63, 3.8) is 0 Å². The summed E-state index contributed by atoms with van der Waals surface area (Å²) in [6.45, 7) is 3.13. The van der Waals surface area contributed by atoms with Crippen molar-refractivity contribution in [1.82, 2.24) is 4.90 Å². The number of ether oxygens (including phenoxy) is 1. The van der Waals surface area contributed by atoms with Gasteiger partial charge in [0, 0.05) is 29.7 Å². The fourth-order valence-corrected chi connectivity index (χ4v) is 3.17. The molecule has 1 N–H and O–H groups in total. The van der Waals surface area contributed by atoms with Gasteiger partial charge < -0.3 is 15.0 Å². The third-order valence-electron chi connectivity index (χ3n) is 4.71. The van der Waals surface area contributed by atoms with Crippen LogP contribution in [0.25, 0.3) is 0 Å². The normalized spacial score (nSPS) is 14.7. The molecule has 1 aliphatic heterocycles. The van der Waals surface area contributed by atoms with Gasteiger partial charge >= 0.3 is 0 Å². The Morgan fingerprint density at radius 3 is 2.33 bits per heavy atom. The lowest BCUT2D eigenvalue weighted by atomic mass is 9.95. The van der Waals surface area contributed by atoms with E-state index < -0.39 is 0 Å². The first kappa shape index (κ1) is 19.2. The Hall–Kier alpha value is -2.53. The largest absolute Gasteiger partial charge is 0.484 e. The molecule has 1 heterocycles. The van der Waals surface area contributed by atoms with Gasteiger partial charge in [-0.15, -0.1) is 0 Å². The van der Waals surface area contributed by atoms with Crippen molar-refractivity contribution >= 4 is 29.1 Å². The van der Waals surface area contributed by atoms with Crippen LogP contribution in [0.1, 0.15) is 18.4 Å². The number of halogens is 1. The lowest BCUT2D eigenvalue weighted by Crippen LogP contribution is -2.43. The van der Waals surface area contributed by atoms with Gasteiger partial charge in [0.2, 0.25) is 5.91 Å². The molecule has 142 valence electrons. The summed E-state index contributed by atoms with van der Waals surface area (Å²) in [6, 6.07) is 14.7. The van der Waals surface area contributed by atoms with Gasteiger partial charge in [-0.25, -0.2) is 0 Å². The second-order valence-corrected chi connectivity index (χ2v) is 7.19. The van der Waals surface area contributed by atoms with Gasteiger partial charge in [0.05, 0.1) is 0 Å². The molecule has 0 radical (unpaired) electrons. The van der Waals surface area contributed by atoms with E-state index in [0.29, 0.717) is 36.7 Å². The predicted octanol–water partition coefficient (Wildman–Crippen LogP) is 3.90. The summed E-state index contributed by atoms with van der Waals surface area (Å²) < 4.78 is 5.51. The summed E-state index contributed by atoms with van der Waals surface area (Å²) in [5, 5.41) is 3.58. The zero-order chi connectivity index (χ0) is 19.2. The molecule has 27 heavy (non-hydrogen) atoms. The highest BCUT2D eigenvalue weighted by Crippen LogP contribution is 2.20. The highest BCUT2D eigenvalue weighted by atomic mass is 35.5. The summed E-state index contributed by atoms with van der Waals surface area (Å²) in [4.78, 5) is 26.5. The molecule has 0 bridgehead atoms. The molecule has 2 amide bonds. The second kappa shape index (κ2) is 8.91. The quantitative estimate of drug-likeness (QED) is 0.847. The van der Waals surface area contributed by atoms with E-state index in [0.717, 1.165) is 11.3 Å². The number of hydrogen-bond donors (Lipinski definition) is 1. The Morgan fingerprint density at radius 1 is 1.07 bits per heavy atom. The molecule has 0 aromatic heterocycles. The zero-order valence-corrected chi connectivity index (χ0v) is 16.0. The van der Waals surface area contributed by atoms with Crippen LogP contribution < -0.4 is 10.1 Å². The predicted molar refractivity (Wildman–Crippen MR) is 106 cm³/mol. The van der Waals surface area contributed by atoms with Crippen LogP contribution >= 0.6 is 11.6 Å². The molecule has 0 aliphatic carbocycles. The Labute approximate surface area is 164 Å². The minimum Gasteiger partial charge on any atom is -0.484 e. The Bertz CT molecular complexity index is 782. The third-order valence-corrected chi connectivity index (χ3v) is 4.97. The average Bonchev–Trinajstić information content (AvgIpc) is 2.69. The number of anilines is 1. The number of nitrogens with one attached hydrogen (secondary N) is 1. The van der Waals surface area contributed by atoms with E-state index in [9.17, 15) is 9.59 Å². The lowest BCUT2D eigenvalue weighted by Gasteiger charge is -2.31. The second-order valence-electron chi connectivity index (χ2n) is 6.75. The van der Waals surface area contributed by atoms with E-state index in [1.165, 1.54) is 0 Å². The first-order valence-corrected chi connectivity index (χ1v) is 9.43. The number of rotatable bonds is 5. The van der Waals surface area contributed by atoms with Crippen molar-refractivity contribution < 1.29 is 14.3 Å². The number of amides is 2. The monoisotopic (exact) mass is 386 g/mol. The van der Waals surface area contributed by atoms with Gasteiger partial charge in [0.1, 0.15) is 5.75 Å². The van der Waals surface area contributed by atoms with Crippen molar-refractivity contribution in [3.05, 3.63) is 59.1 Å². The standard InChI is InChI=1S/C21H23ClN2O3/c1-15-2-6-18(7-3-15)23-21(26)16-10-12-24(13-11-16)20(25)14-27-19-8-4-17(22)5-9-19/h2-9,16H,10-14H2,1H3,(H,23,26). The fourth-order valence-electron chi connectivity index (χ4n) is 3.04. The lowest BCUT2D eigenvalue weighted by molar-refractivity contribution is -0.136. The van der Waals surface area contributed by atoms with Crippen molar-refractivity contribution in [2.75, 3.05) is 25.0 Å². The first-order chi connectivity index (χ1) is 13.0. The number of benzene rings is 2. The van der Waals surface area contributed by atoms with Crippen molar-refractivity contribution in [3.8, 4) is 5.75 Å². The van der Waals surface area contributed by atoms with Crippen LogP contribution in [0.15, 0.2) is 48.5 Å². The minimum atomic E-state index is -0.0764. The minimum absolute atomic E-state index is 0.0120. The van der Waals surface area contributed by atoms with E-state index in [-0.39, 0.29) is 24.3 Å². The molecule has 2 aromatic carbocycles. The zero-order valence-electron chi connectivity index (χ0n) is 15.3. The van der Waals surface area contributed by atoms with Crippen molar-refractivity contribution in [1.29, 1.82) is 0 Å². The number of hydrogen-bond acceptors (Lipinski definition) is 3. The molecular weight excluding hydrogens is 364 g/mol. The average molecular weight is 387 g/mol. The van der Waals surface area contributed by atoms with Gasteiger partial charge in [-0.05, 0) is 56.2 Å². The SMILES string of the molecule is Cc1ccc(NC(=O)C2CCN(C(=O)COc3ccc(Cl)cc3)CC2)cc1. The molecule has 0 spiro atoms. The van der Waals surface area contributed by atoms with Crippen LogP contribution in [0.4, 0.5) is 5.69 Å². The van der Waals surface area contributed by atoms with Crippen LogP contribution in [-0.2, 0) is 9.59 Å². The van der Waals surface area contributed by atoms with Gasteiger partial charge in [-0.1, -0.05) is 29.3 Å². The number of piperidine rings is 1. The Balaban J connectivity index is 1.43. The van der Waals surface area contributed by atoms with Gasteiger partial charge in [-0.2, -0.15) is 0 Å². The van der Waals surface area contributed by atoms with Crippen LogP contribution in [0.5, 0.6) is 5.75 Å². The van der Waals surface area contributed by atoms with E-state index in [4.69, 9.17) is 16.3 Å². The summed E-state index contributed by atoms with van der Waals surface area (Å²) in [6.07, 6.45) is 1.31. The molecule has 1 aliphatic rings. The molecule has 1 fully saturated rings. The summed E-state index contributed by atoms with van der Waals surface area (Å²) in [7, 11) is 0. The van der Waals surface area contributed by atoms with E-state index in [2.05, 4.69) is 5.32 Å². The van der Waals surface area contributed by atoms with Gasteiger partial charge in [-0.3, -0.25) is 9.59 Å². The van der Waals surface area contributed by atoms with Gasteiger partial charge in [0.15, 0.2) is 6.61 Å². The molecule has 0 atom stereocenters. The number of aryl methyl sites for hydroxylation is 1. The number of nitrogens with zero attached hydrogens (tertiary/aromatic N) is 1. The van der Waals surface area contributed by atoms with E-state index >= 15 is 0 Å². The summed E-state index contributed by atoms with van der Waals surface area (Å²) >= 11 is 5.83. The van der Waals surface area contributed by atoms with Crippen LogP contribution in [-0.4, -0.2) is 36.4 Å². The highest BCUT2D eigenvalue weighted by molar-refractivity contribution is 6.30. The first-order valence-electron chi connectivity index (χ1n) is 9.05. The van der Waals surface area contributed by atoms with Crippen molar-refractivity contribution in [2.45, 2.75) is 19.8 Å². The maximum absolute atomic E-state index is 12.4. The smallest absolute Gasteiger partial charge is 0.260 e. The molecule has 5 nitrogen and oxygen atoms in total. The highest BCUT2D eigenvalue weighted by Gasteiger charge is 2.27. The third kappa shape index (κ3) is 5.47. The van der Waals surface area contributed by atoms with Crippen molar-refractivity contribution in [2.24, 2.45) is 5.92 Å². The van der Waals surface area contributed by atoms with E-state index in [1.54, 1.807) is 29.2 Å².